The molecule has 1 aromatic carbocycles. The zero-order valence-electron chi connectivity index (χ0n) is 16.1. The number of hydrogen-bond acceptors (Lipinski definition) is 3. The molecule has 1 saturated heterocycles. The van der Waals surface area contributed by atoms with Crippen LogP contribution in [0.5, 0.6) is 0 Å². The van der Waals surface area contributed by atoms with Gasteiger partial charge in [0.2, 0.25) is 5.91 Å². The fourth-order valence-corrected chi connectivity index (χ4v) is 3.58. The van der Waals surface area contributed by atoms with Crippen LogP contribution in [0.25, 0.3) is 0 Å². The molecule has 5 heteroatoms. The van der Waals surface area contributed by atoms with E-state index in [0.29, 0.717) is 5.92 Å². The van der Waals surface area contributed by atoms with Crippen LogP contribution < -0.4 is 5.32 Å². The molecule has 1 aliphatic heterocycles. The van der Waals surface area contributed by atoms with E-state index >= 15 is 0 Å². The number of nitrogens with one attached hydrogen (secondary N) is 1. The molecule has 5 nitrogen and oxygen atoms in total. The number of piperidine rings is 1. The molecule has 2 aromatic rings. The number of rotatable bonds is 6. The van der Waals surface area contributed by atoms with E-state index in [1.54, 1.807) is 19.1 Å². The first-order valence-electron chi connectivity index (χ1n) is 9.71. The first kappa shape index (κ1) is 19.2. The number of hydrogen-bond donors (Lipinski definition) is 1. The van der Waals surface area contributed by atoms with Gasteiger partial charge in [-0.05, 0) is 63.1 Å². The molecule has 0 saturated carbocycles. The summed E-state index contributed by atoms with van der Waals surface area (Å²) in [6, 6.07) is 11.4. The maximum absolute atomic E-state index is 12.6. The number of aryl methyl sites for hydroxylation is 2. The number of furan rings is 1. The Balaban J connectivity index is 1.42. The highest BCUT2D eigenvalue weighted by atomic mass is 16.3. The van der Waals surface area contributed by atoms with Crippen LogP contribution in [0.1, 0.15) is 47.9 Å². The van der Waals surface area contributed by atoms with Crippen LogP contribution in [0.15, 0.2) is 47.1 Å². The summed E-state index contributed by atoms with van der Waals surface area (Å²) in [5.41, 5.74) is 2.67. The first-order chi connectivity index (χ1) is 13.0. The van der Waals surface area contributed by atoms with Gasteiger partial charge in [-0.2, -0.15) is 0 Å². The van der Waals surface area contributed by atoms with E-state index in [1.165, 1.54) is 17.4 Å². The lowest BCUT2D eigenvalue weighted by Crippen LogP contribution is -2.49. The normalized spacial score (nSPS) is 16.1. The van der Waals surface area contributed by atoms with Crippen LogP contribution in [-0.4, -0.2) is 35.8 Å². The van der Waals surface area contributed by atoms with Gasteiger partial charge in [0.1, 0.15) is 6.04 Å². The summed E-state index contributed by atoms with van der Waals surface area (Å²) >= 11 is 0. The van der Waals surface area contributed by atoms with Crippen molar-refractivity contribution in [2.75, 3.05) is 13.1 Å². The van der Waals surface area contributed by atoms with Crippen LogP contribution in [0.3, 0.4) is 0 Å². The van der Waals surface area contributed by atoms with Crippen molar-refractivity contribution in [3.8, 4) is 0 Å². The second-order valence-electron chi connectivity index (χ2n) is 7.47. The zero-order valence-corrected chi connectivity index (χ0v) is 16.1. The Morgan fingerprint density at radius 3 is 2.52 bits per heavy atom. The molecule has 1 aliphatic rings. The Morgan fingerprint density at radius 2 is 1.89 bits per heavy atom. The van der Waals surface area contributed by atoms with Gasteiger partial charge in [0, 0.05) is 13.1 Å². The Bertz CT molecular complexity index is 744. The third-order valence-corrected chi connectivity index (χ3v) is 5.35. The molecule has 2 amide bonds. The van der Waals surface area contributed by atoms with E-state index in [1.807, 2.05) is 4.90 Å². The fourth-order valence-electron chi connectivity index (χ4n) is 3.58. The average molecular weight is 368 g/mol. The maximum atomic E-state index is 12.6. The minimum absolute atomic E-state index is 0.0214. The SMILES string of the molecule is Cc1ccc(CCC2CCN(C(=O)C(C)NC(=O)c3ccco3)CC2)cc1. The zero-order chi connectivity index (χ0) is 19.2. The van der Waals surface area contributed by atoms with Crippen molar-refractivity contribution >= 4 is 11.8 Å². The molecule has 27 heavy (non-hydrogen) atoms. The van der Waals surface area contributed by atoms with Gasteiger partial charge < -0.3 is 14.6 Å². The standard InChI is InChI=1S/C22H28N2O3/c1-16-5-7-18(8-6-16)9-10-19-11-13-24(14-12-19)22(26)17(2)23-21(25)20-4-3-15-27-20/h3-8,15,17,19H,9-14H2,1-2H3,(H,23,25). The number of amides is 2. The molecule has 1 N–H and O–H groups in total. The van der Waals surface area contributed by atoms with E-state index in [2.05, 4.69) is 36.5 Å². The molecule has 0 bridgehead atoms. The molecule has 1 unspecified atom stereocenters. The van der Waals surface area contributed by atoms with Crippen molar-refractivity contribution in [3.05, 3.63) is 59.5 Å². The van der Waals surface area contributed by atoms with Crippen molar-refractivity contribution < 1.29 is 14.0 Å². The van der Waals surface area contributed by atoms with Crippen molar-refractivity contribution in [2.45, 2.75) is 45.6 Å². The van der Waals surface area contributed by atoms with Crippen molar-refractivity contribution in [3.63, 3.8) is 0 Å². The summed E-state index contributed by atoms with van der Waals surface area (Å²) < 4.78 is 5.07. The van der Waals surface area contributed by atoms with Crippen LogP contribution in [0, 0.1) is 12.8 Å². The highest BCUT2D eigenvalue weighted by Crippen LogP contribution is 2.23. The molecule has 1 fully saturated rings. The monoisotopic (exact) mass is 368 g/mol. The van der Waals surface area contributed by atoms with Gasteiger partial charge in [-0.25, -0.2) is 0 Å². The Morgan fingerprint density at radius 1 is 1.19 bits per heavy atom. The van der Waals surface area contributed by atoms with Gasteiger partial charge in [-0.15, -0.1) is 0 Å². The van der Waals surface area contributed by atoms with Gasteiger partial charge in [0.15, 0.2) is 5.76 Å². The minimum atomic E-state index is -0.549. The minimum Gasteiger partial charge on any atom is -0.459 e. The molecule has 0 spiro atoms. The van der Waals surface area contributed by atoms with E-state index in [-0.39, 0.29) is 17.6 Å². The third kappa shape index (κ3) is 5.22. The molecule has 144 valence electrons. The summed E-state index contributed by atoms with van der Waals surface area (Å²) in [7, 11) is 0. The Hall–Kier alpha value is -2.56. The predicted octanol–water partition coefficient (Wildman–Crippen LogP) is 3.58. The van der Waals surface area contributed by atoms with E-state index < -0.39 is 6.04 Å². The number of likely N-dealkylation sites (tertiary alicyclic amines) is 1. The Labute approximate surface area is 160 Å². The lowest BCUT2D eigenvalue weighted by molar-refractivity contribution is -0.134. The molecule has 3 rings (SSSR count). The van der Waals surface area contributed by atoms with Crippen LogP contribution >= 0.6 is 0 Å². The second-order valence-corrected chi connectivity index (χ2v) is 7.47. The highest BCUT2D eigenvalue weighted by Gasteiger charge is 2.27. The van der Waals surface area contributed by atoms with Crippen molar-refractivity contribution in [2.24, 2.45) is 5.92 Å². The smallest absolute Gasteiger partial charge is 0.287 e. The molecule has 1 aromatic heterocycles. The fraction of sp³-hybridized carbons (Fsp3) is 0.455. The lowest BCUT2D eigenvalue weighted by atomic mass is 9.90. The van der Waals surface area contributed by atoms with E-state index in [0.717, 1.165) is 38.8 Å². The third-order valence-electron chi connectivity index (χ3n) is 5.35. The van der Waals surface area contributed by atoms with Gasteiger partial charge in [0.25, 0.3) is 5.91 Å². The summed E-state index contributed by atoms with van der Waals surface area (Å²) in [6.45, 7) is 5.36. The van der Waals surface area contributed by atoms with Crippen molar-refractivity contribution in [1.29, 1.82) is 0 Å². The molecule has 2 heterocycles. The number of benzene rings is 1. The molecule has 1 atom stereocenters. The number of nitrogens with zero attached hydrogens (tertiary/aromatic N) is 1. The number of carbonyl (C=O) groups is 2. The van der Waals surface area contributed by atoms with Crippen LogP contribution in [-0.2, 0) is 11.2 Å². The van der Waals surface area contributed by atoms with E-state index in [4.69, 9.17) is 4.42 Å². The van der Waals surface area contributed by atoms with Crippen LogP contribution in [0.4, 0.5) is 0 Å². The van der Waals surface area contributed by atoms with Gasteiger partial charge in [-0.1, -0.05) is 29.8 Å². The molecular formula is C22H28N2O3. The van der Waals surface area contributed by atoms with E-state index in [9.17, 15) is 9.59 Å². The summed E-state index contributed by atoms with van der Waals surface area (Å²) in [4.78, 5) is 26.5. The molecular weight excluding hydrogens is 340 g/mol. The van der Waals surface area contributed by atoms with Crippen molar-refractivity contribution in [1.82, 2.24) is 10.2 Å². The van der Waals surface area contributed by atoms with Gasteiger partial charge in [-0.3, -0.25) is 9.59 Å². The quantitative estimate of drug-likeness (QED) is 0.848. The summed E-state index contributed by atoms with van der Waals surface area (Å²) in [5.74, 6) is 0.508. The highest BCUT2D eigenvalue weighted by molar-refractivity contribution is 5.95. The lowest BCUT2D eigenvalue weighted by Gasteiger charge is -2.33. The van der Waals surface area contributed by atoms with Gasteiger partial charge >= 0.3 is 0 Å². The maximum Gasteiger partial charge on any atom is 0.287 e. The average Bonchev–Trinajstić information content (AvgIpc) is 3.22. The topological polar surface area (TPSA) is 62.6 Å². The molecule has 0 radical (unpaired) electrons. The summed E-state index contributed by atoms with van der Waals surface area (Å²) in [5, 5.41) is 2.72. The van der Waals surface area contributed by atoms with Gasteiger partial charge in [0.05, 0.1) is 6.26 Å². The predicted molar refractivity (Wildman–Crippen MR) is 104 cm³/mol. The molecule has 0 aliphatic carbocycles. The van der Waals surface area contributed by atoms with Crippen LogP contribution in [0.2, 0.25) is 0 Å². The summed E-state index contributed by atoms with van der Waals surface area (Å²) in [6.07, 6.45) is 5.75. The Kier molecular flexibility index (Phi) is 6.32. The largest absolute Gasteiger partial charge is 0.459 e. The second kappa shape index (κ2) is 8.89. The number of carbonyl (C=O) groups excluding carboxylic acids is 2. The first-order valence-corrected chi connectivity index (χ1v) is 9.71.